The number of hydrogen-bond acceptors (Lipinski definition) is 7. The Balaban J connectivity index is 1.40. The summed E-state index contributed by atoms with van der Waals surface area (Å²) in [5.41, 5.74) is 1.35. The molecule has 42 heavy (non-hydrogen) atoms. The predicted octanol–water partition coefficient (Wildman–Crippen LogP) is 3.97. The van der Waals surface area contributed by atoms with Crippen molar-refractivity contribution in [3.05, 3.63) is 52.9 Å². The van der Waals surface area contributed by atoms with Gasteiger partial charge in [0.1, 0.15) is 17.1 Å². The van der Waals surface area contributed by atoms with Crippen LogP contribution in [0.1, 0.15) is 41.8 Å². The van der Waals surface area contributed by atoms with Gasteiger partial charge >= 0.3 is 0 Å². The molecule has 222 valence electrons. The van der Waals surface area contributed by atoms with E-state index in [1.165, 1.54) is 6.20 Å². The van der Waals surface area contributed by atoms with Gasteiger partial charge in [0.05, 0.1) is 24.7 Å². The van der Waals surface area contributed by atoms with Crippen LogP contribution in [-0.4, -0.2) is 78.8 Å². The number of fused-ring (bicyclic) bond motifs is 1. The van der Waals surface area contributed by atoms with Crippen LogP contribution in [0.15, 0.2) is 40.9 Å². The van der Waals surface area contributed by atoms with Gasteiger partial charge in [-0.25, -0.2) is 4.98 Å². The Hall–Kier alpha value is -3.96. The molecule has 1 aliphatic heterocycles. The number of hydrogen-bond donors (Lipinski definition) is 2. The summed E-state index contributed by atoms with van der Waals surface area (Å²) in [5, 5.41) is 6.57. The SMILES string of the molecule is CN(C)C(=O)C1CCC(C(=O)Nc2c(C(=O)Nc3ccc(Cl)cn3)oc3ccc(CC(=O)N4CCOCC4)cc23)CC1. The van der Waals surface area contributed by atoms with E-state index in [4.69, 9.17) is 20.8 Å². The lowest BCUT2D eigenvalue weighted by Crippen LogP contribution is -2.41. The van der Waals surface area contributed by atoms with Crippen molar-refractivity contribution in [3.8, 4) is 0 Å². The molecule has 11 nitrogen and oxygen atoms in total. The fourth-order valence-electron chi connectivity index (χ4n) is 5.45. The number of amides is 4. The molecule has 12 heteroatoms. The molecule has 2 aromatic heterocycles. The number of ether oxygens (including phenoxy) is 1. The Kier molecular flexibility index (Phi) is 9.08. The van der Waals surface area contributed by atoms with Gasteiger partial charge in [-0.15, -0.1) is 0 Å². The van der Waals surface area contributed by atoms with Crippen molar-refractivity contribution >= 4 is 57.7 Å². The molecule has 0 atom stereocenters. The summed E-state index contributed by atoms with van der Waals surface area (Å²) in [6.45, 7) is 2.10. The monoisotopic (exact) mass is 595 g/mol. The number of nitrogens with zero attached hydrogens (tertiary/aromatic N) is 3. The quantitative estimate of drug-likeness (QED) is 0.422. The summed E-state index contributed by atoms with van der Waals surface area (Å²) in [7, 11) is 3.47. The van der Waals surface area contributed by atoms with Crippen molar-refractivity contribution in [3.63, 3.8) is 0 Å². The summed E-state index contributed by atoms with van der Waals surface area (Å²) in [5.74, 6) is -1.03. The zero-order valence-electron chi connectivity index (χ0n) is 23.7. The highest BCUT2D eigenvalue weighted by Gasteiger charge is 2.32. The summed E-state index contributed by atoms with van der Waals surface area (Å²) in [6, 6.07) is 8.41. The standard InChI is InChI=1S/C30H34ClN5O6/c1-35(2)30(40)20-6-4-19(5-7-20)28(38)34-26-22-15-18(16-25(37)36-11-13-41-14-12-36)3-9-23(22)42-27(26)29(39)33-24-10-8-21(31)17-32-24/h3,8-10,15,17,19-20H,4-7,11-14,16H2,1-2H3,(H,34,38)(H,32,33,39). The van der Waals surface area contributed by atoms with Crippen molar-refractivity contribution in [1.29, 1.82) is 0 Å². The van der Waals surface area contributed by atoms with Gasteiger partial charge < -0.3 is 29.6 Å². The van der Waals surface area contributed by atoms with E-state index in [1.54, 1.807) is 54.2 Å². The highest BCUT2D eigenvalue weighted by Crippen LogP contribution is 2.35. The van der Waals surface area contributed by atoms with E-state index in [0.717, 1.165) is 5.56 Å². The largest absolute Gasteiger partial charge is 0.449 e. The van der Waals surface area contributed by atoms with E-state index in [0.29, 0.717) is 68.0 Å². The number of benzene rings is 1. The third-order valence-electron chi connectivity index (χ3n) is 7.78. The molecular formula is C30H34ClN5O6. The highest BCUT2D eigenvalue weighted by molar-refractivity contribution is 6.30. The molecule has 1 aromatic carbocycles. The van der Waals surface area contributed by atoms with Crippen molar-refractivity contribution < 1.29 is 28.3 Å². The van der Waals surface area contributed by atoms with Crippen LogP contribution in [0, 0.1) is 11.8 Å². The van der Waals surface area contributed by atoms with E-state index in [1.807, 2.05) is 0 Å². The molecule has 0 radical (unpaired) electrons. The van der Waals surface area contributed by atoms with E-state index < -0.39 is 5.91 Å². The van der Waals surface area contributed by atoms with Crippen molar-refractivity contribution in [1.82, 2.24) is 14.8 Å². The molecule has 0 spiro atoms. The number of rotatable bonds is 7. The van der Waals surface area contributed by atoms with Crippen LogP contribution in [-0.2, 0) is 25.5 Å². The fraction of sp³-hybridized carbons (Fsp3) is 0.433. The van der Waals surface area contributed by atoms with Gasteiger partial charge in [-0.05, 0) is 55.5 Å². The van der Waals surface area contributed by atoms with Gasteiger partial charge in [-0.3, -0.25) is 19.2 Å². The molecule has 2 fully saturated rings. The second-order valence-electron chi connectivity index (χ2n) is 10.9. The Morgan fingerprint density at radius 1 is 1.00 bits per heavy atom. The molecule has 1 saturated heterocycles. The number of aromatic nitrogens is 1. The van der Waals surface area contributed by atoms with Crippen molar-refractivity contribution in [2.45, 2.75) is 32.1 Å². The first-order valence-electron chi connectivity index (χ1n) is 14.1. The van der Waals surface area contributed by atoms with Crippen molar-refractivity contribution in [2.75, 3.05) is 51.0 Å². The predicted molar refractivity (Wildman–Crippen MR) is 157 cm³/mol. The van der Waals surface area contributed by atoms with E-state index in [-0.39, 0.29) is 53.2 Å². The first-order valence-corrected chi connectivity index (χ1v) is 14.4. The molecule has 2 aliphatic rings. The lowest BCUT2D eigenvalue weighted by molar-refractivity contribution is -0.135. The first kappa shape index (κ1) is 29.5. The second kappa shape index (κ2) is 12.9. The molecule has 1 aliphatic carbocycles. The highest BCUT2D eigenvalue weighted by atomic mass is 35.5. The first-order chi connectivity index (χ1) is 20.2. The Bertz CT molecular complexity index is 1470. The summed E-state index contributed by atoms with van der Waals surface area (Å²) >= 11 is 5.92. The third-order valence-corrected chi connectivity index (χ3v) is 8.01. The Labute approximate surface area is 248 Å². The number of furan rings is 1. The molecule has 5 rings (SSSR count). The molecule has 2 N–H and O–H groups in total. The van der Waals surface area contributed by atoms with Crippen LogP contribution in [0.4, 0.5) is 11.5 Å². The van der Waals surface area contributed by atoms with Gasteiger partial charge in [-0.2, -0.15) is 0 Å². The minimum Gasteiger partial charge on any atom is -0.449 e. The van der Waals surface area contributed by atoms with Gasteiger partial charge in [0.15, 0.2) is 0 Å². The zero-order valence-corrected chi connectivity index (χ0v) is 24.4. The maximum absolute atomic E-state index is 13.5. The van der Waals surface area contributed by atoms with Crippen LogP contribution in [0.5, 0.6) is 0 Å². The lowest BCUT2D eigenvalue weighted by Gasteiger charge is -2.28. The van der Waals surface area contributed by atoms with E-state index >= 15 is 0 Å². The second-order valence-corrected chi connectivity index (χ2v) is 11.3. The van der Waals surface area contributed by atoms with E-state index in [2.05, 4.69) is 15.6 Å². The van der Waals surface area contributed by atoms with Crippen LogP contribution < -0.4 is 10.6 Å². The van der Waals surface area contributed by atoms with Crippen LogP contribution in [0.25, 0.3) is 11.0 Å². The maximum Gasteiger partial charge on any atom is 0.294 e. The smallest absolute Gasteiger partial charge is 0.294 e. The number of anilines is 2. The Morgan fingerprint density at radius 3 is 2.38 bits per heavy atom. The Morgan fingerprint density at radius 2 is 1.71 bits per heavy atom. The van der Waals surface area contributed by atoms with Crippen molar-refractivity contribution in [2.24, 2.45) is 11.8 Å². The number of pyridine rings is 1. The summed E-state index contributed by atoms with van der Waals surface area (Å²) < 4.78 is 11.3. The third kappa shape index (κ3) is 6.74. The summed E-state index contributed by atoms with van der Waals surface area (Å²) in [4.78, 5) is 59.6. The van der Waals surface area contributed by atoms with Crippen LogP contribution in [0.2, 0.25) is 5.02 Å². The number of carbonyl (C=O) groups excluding carboxylic acids is 4. The van der Waals surface area contributed by atoms with Gasteiger partial charge in [0, 0.05) is 50.6 Å². The van der Waals surface area contributed by atoms with Crippen LogP contribution in [0.3, 0.4) is 0 Å². The number of nitrogens with one attached hydrogen (secondary N) is 2. The average molecular weight is 596 g/mol. The lowest BCUT2D eigenvalue weighted by atomic mass is 9.81. The molecule has 1 saturated carbocycles. The molecular weight excluding hydrogens is 562 g/mol. The van der Waals surface area contributed by atoms with E-state index in [9.17, 15) is 19.2 Å². The minimum absolute atomic E-state index is 0.0254. The molecule has 0 unspecified atom stereocenters. The number of morpholine rings is 1. The van der Waals surface area contributed by atoms with Crippen LogP contribution >= 0.6 is 11.6 Å². The van der Waals surface area contributed by atoms with Gasteiger partial charge in [0.25, 0.3) is 5.91 Å². The minimum atomic E-state index is -0.595. The molecule has 3 heterocycles. The summed E-state index contributed by atoms with van der Waals surface area (Å²) in [6.07, 6.45) is 3.92. The molecule has 4 amide bonds. The molecule has 0 bridgehead atoms. The van der Waals surface area contributed by atoms with Gasteiger partial charge in [0.2, 0.25) is 23.5 Å². The van der Waals surface area contributed by atoms with Gasteiger partial charge in [-0.1, -0.05) is 17.7 Å². The number of carbonyl (C=O) groups is 4. The molecule has 3 aromatic rings. The topological polar surface area (TPSA) is 134 Å². The normalized spacial score (nSPS) is 18.9. The fourth-order valence-corrected chi connectivity index (χ4v) is 5.57. The maximum atomic E-state index is 13.5. The average Bonchev–Trinajstić information content (AvgIpc) is 3.35. The number of halogens is 1. The zero-order chi connectivity index (χ0) is 29.8.